The van der Waals surface area contributed by atoms with Crippen molar-refractivity contribution in [3.8, 4) is 0 Å². The molecule has 0 bridgehead atoms. The van der Waals surface area contributed by atoms with E-state index in [-0.39, 0.29) is 33.7 Å². The number of imidazole rings is 1. The zero-order valence-corrected chi connectivity index (χ0v) is 11.6. The van der Waals surface area contributed by atoms with Crippen LogP contribution in [0.1, 0.15) is 27.3 Å². The Morgan fingerprint density at radius 1 is 1.37 bits per heavy atom. The van der Waals surface area contributed by atoms with Gasteiger partial charge in [0.1, 0.15) is 11.5 Å². The smallest absolute Gasteiger partial charge is 0.190 e. The third kappa shape index (κ3) is 3.14. The molecule has 0 N–H and O–H groups in total. The van der Waals surface area contributed by atoms with Gasteiger partial charge < -0.3 is 4.57 Å². The lowest BCUT2D eigenvalue weighted by atomic mass is 10.0. The van der Waals surface area contributed by atoms with Gasteiger partial charge in [0.2, 0.25) is 0 Å². The highest BCUT2D eigenvalue weighted by atomic mass is 79.9. The predicted molar refractivity (Wildman–Crippen MR) is 70.6 cm³/mol. The van der Waals surface area contributed by atoms with Crippen LogP contribution in [-0.2, 0) is 7.05 Å². The lowest BCUT2D eigenvalue weighted by Crippen LogP contribution is -2.09. The van der Waals surface area contributed by atoms with Gasteiger partial charge in [-0.3, -0.25) is 9.59 Å². The Kier molecular flexibility index (Phi) is 3.90. The van der Waals surface area contributed by atoms with Gasteiger partial charge >= 0.3 is 0 Å². The van der Waals surface area contributed by atoms with Crippen LogP contribution >= 0.6 is 15.9 Å². The number of ketones is 2. The van der Waals surface area contributed by atoms with Crippen molar-refractivity contribution < 1.29 is 14.0 Å². The number of nitrogens with zero attached hydrogens (tertiary/aromatic N) is 2. The van der Waals surface area contributed by atoms with Crippen LogP contribution in [0.15, 0.2) is 35.2 Å². The van der Waals surface area contributed by atoms with Gasteiger partial charge in [-0.1, -0.05) is 0 Å². The number of rotatable bonds is 4. The average Bonchev–Trinajstić information content (AvgIpc) is 2.79. The van der Waals surface area contributed by atoms with Crippen LogP contribution in [0.25, 0.3) is 0 Å². The first kappa shape index (κ1) is 13.6. The molecule has 0 spiro atoms. The van der Waals surface area contributed by atoms with E-state index in [1.54, 1.807) is 17.8 Å². The molecule has 0 saturated heterocycles. The van der Waals surface area contributed by atoms with E-state index >= 15 is 0 Å². The third-order valence-electron chi connectivity index (χ3n) is 2.55. The molecule has 0 amide bonds. The van der Waals surface area contributed by atoms with Crippen LogP contribution in [-0.4, -0.2) is 21.1 Å². The molecule has 6 heteroatoms. The maximum Gasteiger partial charge on any atom is 0.190 e. The monoisotopic (exact) mass is 324 g/mol. The van der Waals surface area contributed by atoms with Crippen molar-refractivity contribution in [1.29, 1.82) is 0 Å². The van der Waals surface area contributed by atoms with Crippen molar-refractivity contribution >= 4 is 27.5 Å². The molecule has 2 rings (SSSR count). The summed E-state index contributed by atoms with van der Waals surface area (Å²) in [6.45, 7) is 0. The van der Waals surface area contributed by atoms with E-state index in [1.165, 1.54) is 24.5 Å². The van der Waals surface area contributed by atoms with E-state index in [0.29, 0.717) is 0 Å². The van der Waals surface area contributed by atoms with Crippen molar-refractivity contribution in [2.75, 3.05) is 0 Å². The number of aryl methyl sites for hydroxylation is 1. The van der Waals surface area contributed by atoms with Gasteiger partial charge in [0, 0.05) is 18.8 Å². The molecule has 0 aliphatic heterocycles. The van der Waals surface area contributed by atoms with Crippen molar-refractivity contribution in [1.82, 2.24) is 9.55 Å². The third-order valence-corrected chi connectivity index (χ3v) is 3.16. The molecular weight excluding hydrogens is 315 g/mol. The molecule has 0 atom stereocenters. The van der Waals surface area contributed by atoms with Gasteiger partial charge in [-0.15, -0.1) is 0 Å². The van der Waals surface area contributed by atoms with Crippen LogP contribution in [0, 0.1) is 5.82 Å². The number of hydrogen-bond acceptors (Lipinski definition) is 3. The summed E-state index contributed by atoms with van der Waals surface area (Å²) < 4.78 is 14.9. The first-order valence-corrected chi connectivity index (χ1v) is 6.26. The van der Waals surface area contributed by atoms with E-state index in [0.717, 1.165) is 0 Å². The molecule has 98 valence electrons. The summed E-state index contributed by atoms with van der Waals surface area (Å²) in [6.07, 6.45) is 2.76. The van der Waals surface area contributed by atoms with Crippen molar-refractivity contribution in [3.05, 3.63) is 52.3 Å². The van der Waals surface area contributed by atoms with E-state index in [4.69, 9.17) is 0 Å². The maximum atomic E-state index is 13.1. The van der Waals surface area contributed by atoms with Gasteiger partial charge in [-0.05, 0) is 34.1 Å². The van der Waals surface area contributed by atoms with E-state index < -0.39 is 5.82 Å². The summed E-state index contributed by atoms with van der Waals surface area (Å²) in [4.78, 5) is 27.6. The number of carbonyl (C=O) groups excluding carboxylic acids is 2. The molecule has 0 fully saturated rings. The molecule has 1 heterocycles. The summed E-state index contributed by atoms with van der Waals surface area (Å²) in [5, 5.41) is 0. The molecule has 0 saturated carbocycles. The summed E-state index contributed by atoms with van der Waals surface area (Å²) in [6, 6.07) is 3.90. The largest absolute Gasteiger partial charge is 0.340 e. The first-order chi connectivity index (χ1) is 8.97. The Bertz CT molecular complexity index is 652. The molecule has 0 unspecified atom stereocenters. The Hall–Kier alpha value is -1.82. The minimum absolute atomic E-state index is 0.198. The van der Waals surface area contributed by atoms with Gasteiger partial charge in [-0.2, -0.15) is 0 Å². The highest BCUT2D eigenvalue weighted by Gasteiger charge is 2.16. The fraction of sp³-hybridized carbons (Fsp3) is 0.154. The number of halogens is 2. The number of Topliss-reactive ketones (excluding diaryl/α,β-unsaturated/α-hetero) is 2. The molecule has 2 aromatic rings. The summed E-state index contributed by atoms with van der Waals surface area (Å²) in [5.41, 5.74) is 0.537. The highest BCUT2D eigenvalue weighted by Crippen LogP contribution is 2.18. The van der Waals surface area contributed by atoms with E-state index in [2.05, 4.69) is 20.9 Å². The quantitative estimate of drug-likeness (QED) is 0.642. The molecular formula is C13H10BrFN2O2. The molecule has 1 aromatic heterocycles. The molecule has 1 aromatic carbocycles. The molecule has 19 heavy (non-hydrogen) atoms. The second-order valence-electron chi connectivity index (χ2n) is 4.08. The standard InChI is InChI=1S/C13H10BrFN2O2/c1-17-6-11(16-7-17)13(19)5-12(18)8-2-3-10(15)9(14)4-8/h2-4,6-7H,5H2,1H3. The van der Waals surface area contributed by atoms with Crippen molar-refractivity contribution in [3.63, 3.8) is 0 Å². The average molecular weight is 325 g/mol. The van der Waals surface area contributed by atoms with E-state index in [1.807, 2.05) is 0 Å². The Morgan fingerprint density at radius 3 is 2.68 bits per heavy atom. The van der Waals surface area contributed by atoms with Crippen LogP contribution in [0.2, 0.25) is 0 Å². The van der Waals surface area contributed by atoms with Crippen LogP contribution in [0.5, 0.6) is 0 Å². The fourth-order valence-electron chi connectivity index (χ4n) is 1.56. The van der Waals surface area contributed by atoms with Gasteiger partial charge in [-0.25, -0.2) is 9.37 Å². The number of carbonyl (C=O) groups is 2. The van der Waals surface area contributed by atoms with Crippen molar-refractivity contribution in [2.24, 2.45) is 7.05 Å². The van der Waals surface area contributed by atoms with Crippen LogP contribution in [0.3, 0.4) is 0 Å². The lowest BCUT2D eigenvalue weighted by molar-refractivity contribution is 0.0891. The maximum absolute atomic E-state index is 13.1. The topological polar surface area (TPSA) is 52.0 Å². The lowest BCUT2D eigenvalue weighted by Gasteiger charge is -2.01. The van der Waals surface area contributed by atoms with Gasteiger partial charge in [0.15, 0.2) is 11.6 Å². The van der Waals surface area contributed by atoms with Gasteiger partial charge in [0.05, 0.1) is 17.2 Å². The van der Waals surface area contributed by atoms with Gasteiger partial charge in [0.25, 0.3) is 0 Å². The first-order valence-electron chi connectivity index (χ1n) is 5.47. The highest BCUT2D eigenvalue weighted by molar-refractivity contribution is 9.10. The van der Waals surface area contributed by atoms with Crippen molar-refractivity contribution in [2.45, 2.75) is 6.42 Å². The second kappa shape index (κ2) is 5.44. The number of aromatic nitrogens is 2. The molecule has 0 aliphatic rings. The predicted octanol–water partition coefficient (Wildman–Crippen LogP) is 2.78. The zero-order chi connectivity index (χ0) is 14.0. The fourth-order valence-corrected chi connectivity index (χ4v) is 1.94. The number of benzene rings is 1. The SMILES string of the molecule is Cn1cnc(C(=O)CC(=O)c2ccc(F)c(Br)c2)c1. The van der Waals surface area contributed by atoms with E-state index in [9.17, 15) is 14.0 Å². The molecule has 0 aliphatic carbocycles. The Labute approximate surface area is 117 Å². The summed E-state index contributed by atoms with van der Waals surface area (Å²) in [5.74, 6) is -1.17. The summed E-state index contributed by atoms with van der Waals surface area (Å²) >= 11 is 3.00. The minimum Gasteiger partial charge on any atom is -0.340 e. The second-order valence-corrected chi connectivity index (χ2v) is 4.93. The number of hydrogen-bond donors (Lipinski definition) is 0. The minimum atomic E-state index is -0.451. The Balaban J connectivity index is 2.12. The summed E-state index contributed by atoms with van der Waals surface area (Å²) in [7, 11) is 1.74. The molecule has 4 nitrogen and oxygen atoms in total. The zero-order valence-electron chi connectivity index (χ0n) is 10.1. The Morgan fingerprint density at radius 2 is 2.11 bits per heavy atom. The molecule has 0 radical (unpaired) electrons. The van der Waals surface area contributed by atoms with Crippen LogP contribution in [0.4, 0.5) is 4.39 Å². The van der Waals surface area contributed by atoms with Crippen LogP contribution < -0.4 is 0 Å². The normalized spacial score (nSPS) is 10.5.